The number of benzene rings is 2. The van der Waals surface area contributed by atoms with E-state index >= 15 is 0 Å². The van der Waals surface area contributed by atoms with Crippen LogP contribution in [0, 0.1) is 6.92 Å². The van der Waals surface area contributed by atoms with Crippen LogP contribution in [0.5, 0.6) is 0 Å². The maximum Gasteiger partial charge on any atom is 0.350 e. The molecule has 1 aromatic heterocycles. The molecule has 1 N–H and O–H groups in total. The van der Waals surface area contributed by atoms with Gasteiger partial charge in [0.1, 0.15) is 10.6 Å². The minimum absolute atomic E-state index is 0.0464. The molecule has 168 valence electrons. The minimum atomic E-state index is -0.927. The lowest BCUT2D eigenvalue weighted by atomic mass is 9.95. The van der Waals surface area contributed by atoms with Crippen LogP contribution in [0.15, 0.2) is 64.6 Å². The van der Waals surface area contributed by atoms with Crippen LogP contribution in [0.25, 0.3) is 5.76 Å². The van der Waals surface area contributed by atoms with E-state index in [0.717, 1.165) is 15.8 Å². The number of esters is 1. The van der Waals surface area contributed by atoms with Crippen LogP contribution in [-0.4, -0.2) is 34.4 Å². The Morgan fingerprint density at radius 1 is 1.18 bits per heavy atom. The fourth-order valence-electron chi connectivity index (χ4n) is 3.64. The van der Waals surface area contributed by atoms with E-state index in [-0.39, 0.29) is 27.9 Å². The second kappa shape index (κ2) is 9.29. The van der Waals surface area contributed by atoms with Gasteiger partial charge in [0.05, 0.1) is 23.9 Å². The number of ketones is 1. The first kappa shape index (κ1) is 22.9. The molecule has 2 aromatic carbocycles. The van der Waals surface area contributed by atoms with E-state index in [4.69, 9.17) is 4.74 Å². The highest BCUT2D eigenvalue weighted by molar-refractivity contribution is 9.10. The van der Waals surface area contributed by atoms with E-state index in [0.29, 0.717) is 16.8 Å². The van der Waals surface area contributed by atoms with Crippen molar-refractivity contribution in [3.8, 4) is 0 Å². The van der Waals surface area contributed by atoms with Gasteiger partial charge in [-0.1, -0.05) is 69.7 Å². The molecule has 0 aliphatic carbocycles. The highest BCUT2D eigenvalue weighted by Crippen LogP contribution is 2.44. The van der Waals surface area contributed by atoms with Gasteiger partial charge in [0.25, 0.3) is 5.78 Å². The number of aryl methyl sites for hydroxylation is 1. The Hall–Kier alpha value is -3.30. The summed E-state index contributed by atoms with van der Waals surface area (Å²) in [5, 5.41) is 11.2. The smallest absolute Gasteiger partial charge is 0.350 e. The van der Waals surface area contributed by atoms with E-state index in [2.05, 4.69) is 20.9 Å². The maximum atomic E-state index is 13.2. The summed E-state index contributed by atoms with van der Waals surface area (Å²) in [5.74, 6) is -2.48. The highest BCUT2D eigenvalue weighted by Gasteiger charge is 2.48. The second-order valence-corrected chi connectivity index (χ2v) is 9.11. The number of amides is 1. The topological polar surface area (TPSA) is 96.8 Å². The number of nitrogens with zero attached hydrogens (tertiary/aromatic N) is 2. The molecular formula is C24H19BrN2O5S. The number of carbonyl (C=O) groups excluding carboxylic acids is 3. The van der Waals surface area contributed by atoms with Crippen LogP contribution in [0.3, 0.4) is 0 Å². The van der Waals surface area contributed by atoms with Gasteiger partial charge in [0.15, 0.2) is 5.13 Å². The van der Waals surface area contributed by atoms with Crippen molar-refractivity contribution in [2.24, 2.45) is 0 Å². The summed E-state index contributed by atoms with van der Waals surface area (Å²) in [6, 6.07) is 14.8. The van der Waals surface area contributed by atoms with Gasteiger partial charge < -0.3 is 9.84 Å². The van der Waals surface area contributed by atoms with Gasteiger partial charge in [-0.05, 0) is 31.5 Å². The molecule has 1 unspecified atom stereocenters. The number of ether oxygens (including phenoxy) is 1. The van der Waals surface area contributed by atoms with Crippen LogP contribution < -0.4 is 4.90 Å². The Bertz CT molecular complexity index is 1290. The van der Waals surface area contributed by atoms with Crippen LogP contribution >= 0.6 is 27.3 Å². The van der Waals surface area contributed by atoms with Gasteiger partial charge in [0.2, 0.25) is 0 Å². The van der Waals surface area contributed by atoms with Crippen molar-refractivity contribution in [2.75, 3.05) is 11.5 Å². The highest BCUT2D eigenvalue weighted by atomic mass is 79.9. The lowest BCUT2D eigenvalue weighted by Crippen LogP contribution is -2.29. The normalized spacial score (nSPS) is 17.4. The quantitative estimate of drug-likeness (QED) is 0.217. The summed E-state index contributed by atoms with van der Waals surface area (Å²) in [5.41, 5.74) is 1.37. The molecule has 9 heteroatoms. The largest absolute Gasteiger partial charge is 0.507 e. The number of hydrogen-bond acceptors (Lipinski definition) is 7. The van der Waals surface area contributed by atoms with Crippen molar-refractivity contribution in [2.45, 2.75) is 19.9 Å². The van der Waals surface area contributed by atoms with E-state index in [9.17, 15) is 19.5 Å². The molecule has 33 heavy (non-hydrogen) atoms. The molecule has 0 saturated carbocycles. The Balaban J connectivity index is 1.92. The van der Waals surface area contributed by atoms with Gasteiger partial charge >= 0.3 is 11.9 Å². The number of aliphatic hydroxyl groups is 1. The third kappa shape index (κ3) is 4.21. The summed E-state index contributed by atoms with van der Waals surface area (Å²) in [7, 11) is 0. The number of carbonyl (C=O) groups is 3. The number of aromatic nitrogens is 1. The summed E-state index contributed by atoms with van der Waals surface area (Å²) in [6.07, 6.45) is 0. The van der Waals surface area contributed by atoms with Crippen molar-refractivity contribution < 1.29 is 24.2 Å². The monoisotopic (exact) mass is 526 g/mol. The number of thiazole rings is 1. The first-order valence-corrected chi connectivity index (χ1v) is 11.7. The lowest BCUT2D eigenvalue weighted by Gasteiger charge is -2.23. The molecule has 4 rings (SSSR count). The van der Waals surface area contributed by atoms with Gasteiger partial charge in [-0.2, -0.15) is 0 Å². The molecule has 1 fully saturated rings. The Morgan fingerprint density at radius 3 is 2.58 bits per heavy atom. The number of halogens is 1. The molecule has 0 bridgehead atoms. The van der Waals surface area contributed by atoms with Crippen LogP contribution in [0.1, 0.15) is 39.5 Å². The molecule has 1 aliphatic rings. The van der Waals surface area contributed by atoms with E-state index < -0.39 is 23.7 Å². The number of aliphatic hydroxyl groups excluding tert-OH is 1. The molecular weight excluding hydrogens is 508 g/mol. The standard InChI is InChI=1S/C24H19BrN2O5S/c1-3-32-23(31)21-13(2)26-24(33-21)27-18(15-10-7-11-16(25)12-15)17(20(29)22(27)30)19(28)14-8-5-4-6-9-14/h4-12,18,28H,3H2,1-2H3/b19-17-. The average Bonchev–Trinajstić information content (AvgIpc) is 3.31. The van der Waals surface area contributed by atoms with E-state index in [1.165, 1.54) is 4.90 Å². The van der Waals surface area contributed by atoms with Crippen molar-refractivity contribution in [1.29, 1.82) is 0 Å². The second-order valence-electron chi connectivity index (χ2n) is 7.22. The predicted molar refractivity (Wildman–Crippen MR) is 128 cm³/mol. The van der Waals surface area contributed by atoms with Gasteiger partial charge in [-0.15, -0.1) is 0 Å². The predicted octanol–water partition coefficient (Wildman–Crippen LogP) is 5.02. The number of Topliss-reactive ketones (excluding diaryl/α,β-unsaturated/α-hetero) is 1. The lowest BCUT2D eigenvalue weighted by molar-refractivity contribution is -0.132. The molecule has 2 heterocycles. The number of anilines is 1. The zero-order valence-corrected chi connectivity index (χ0v) is 20.1. The fraction of sp³-hybridized carbons (Fsp3) is 0.167. The summed E-state index contributed by atoms with van der Waals surface area (Å²) in [6.45, 7) is 3.54. The van der Waals surface area contributed by atoms with Crippen LogP contribution in [-0.2, 0) is 14.3 Å². The number of rotatable bonds is 5. The Labute approximate surface area is 202 Å². The van der Waals surface area contributed by atoms with E-state index in [1.54, 1.807) is 62.4 Å². The fourth-order valence-corrected chi connectivity index (χ4v) is 5.05. The summed E-state index contributed by atoms with van der Waals surface area (Å²) in [4.78, 5) is 44.6. The minimum Gasteiger partial charge on any atom is -0.507 e. The van der Waals surface area contributed by atoms with Gasteiger partial charge in [-0.3, -0.25) is 14.5 Å². The van der Waals surface area contributed by atoms with Crippen LogP contribution in [0.4, 0.5) is 5.13 Å². The third-order valence-electron chi connectivity index (χ3n) is 5.11. The molecule has 1 aliphatic heterocycles. The molecule has 3 aromatic rings. The molecule has 1 saturated heterocycles. The maximum absolute atomic E-state index is 13.2. The summed E-state index contributed by atoms with van der Waals surface area (Å²) >= 11 is 4.40. The zero-order valence-electron chi connectivity index (χ0n) is 17.7. The Morgan fingerprint density at radius 2 is 1.91 bits per heavy atom. The first-order valence-electron chi connectivity index (χ1n) is 10.1. The molecule has 1 amide bonds. The third-order valence-corrected chi connectivity index (χ3v) is 6.74. The van der Waals surface area contributed by atoms with Crippen LogP contribution in [0.2, 0.25) is 0 Å². The SMILES string of the molecule is CCOC(=O)c1sc(N2C(=O)C(=O)/C(=C(\O)c3ccccc3)C2c2cccc(Br)c2)nc1C. The summed E-state index contributed by atoms with van der Waals surface area (Å²) < 4.78 is 5.83. The molecule has 0 radical (unpaired) electrons. The zero-order chi connectivity index (χ0) is 23.7. The van der Waals surface area contributed by atoms with Crippen molar-refractivity contribution in [3.05, 3.63) is 86.3 Å². The molecule has 7 nitrogen and oxygen atoms in total. The molecule has 0 spiro atoms. The van der Waals surface area contributed by atoms with Gasteiger partial charge in [-0.25, -0.2) is 9.78 Å². The van der Waals surface area contributed by atoms with E-state index in [1.807, 2.05) is 6.07 Å². The number of hydrogen-bond donors (Lipinski definition) is 1. The van der Waals surface area contributed by atoms with Crippen molar-refractivity contribution in [1.82, 2.24) is 4.98 Å². The molecule has 1 atom stereocenters. The van der Waals surface area contributed by atoms with Crippen molar-refractivity contribution >= 4 is 55.8 Å². The van der Waals surface area contributed by atoms with Gasteiger partial charge in [0, 0.05) is 10.0 Å². The van der Waals surface area contributed by atoms with Crippen molar-refractivity contribution in [3.63, 3.8) is 0 Å². The Kier molecular flexibility index (Phi) is 6.44. The average molecular weight is 527 g/mol. The first-order chi connectivity index (χ1) is 15.8.